The molecule has 0 aliphatic heterocycles. The zero-order valence-electron chi connectivity index (χ0n) is 8.31. The summed E-state index contributed by atoms with van der Waals surface area (Å²) in [5, 5.41) is 10.3. The molecule has 0 saturated heterocycles. The van der Waals surface area contributed by atoms with Gasteiger partial charge in [-0.05, 0) is 17.7 Å². The van der Waals surface area contributed by atoms with E-state index in [0.717, 1.165) is 0 Å². The van der Waals surface area contributed by atoms with Crippen LogP contribution in [0.25, 0.3) is 0 Å². The van der Waals surface area contributed by atoms with Crippen LogP contribution in [0.2, 0.25) is 0 Å². The van der Waals surface area contributed by atoms with Crippen molar-refractivity contribution >= 4 is 5.78 Å². The highest BCUT2D eigenvalue weighted by Crippen LogP contribution is 2.33. The summed E-state index contributed by atoms with van der Waals surface area (Å²) < 4.78 is 0. The molecule has 0 saturated carbocycles. The molecule has 0 fully saturated rings. The number of ketones is 1. The van der Waals surface area contributed by atoms with Crippen molar-refractivity contribution in [3.8, 4) is 0 Å². The number of aliphatic hydroxyl groups is 1. The van der Waals surface area contributed by atoms with Crippen LogP contribution in [0.5, 0.6) is 0 Å². The van der Waals surface area contributed by atoms with Crippen molar-refractivity contribution < 1.29 is 9.90 Å². The largest absolute Gasteiger partial charge is 0.381 e. The second-order valence-electron chi connectivity index (χ2n) is 3.66. The first-order chi connectivity index (χ1) is 7.17. The molecule has 1 aromatic rings. The van der Waals surface area contributed by atoms with E-state index in [9.17, 15) is 9.90 Å². The van der Waals surface area contributed by atoms with E-state index in [1.165, 1.54) is 6.08 Å². The van der Waals surface area contributed by atoms with Crippen LogP contribution >= 0.6 is 0 Å². The van der Waals surface area contributed by atoms with Crippen molar-refractivity contribution in [3.63, 3.8) is 0 Å². The number of benzene rings is 1. The molecule has 2 nitrogen and oxygen atoms in total. The van der Waals surface area contributed by atoms with Crippen molar-refractivity contribution in [2.75, 3.05) is 0 Å². The molecule has 1 atom stereocenters. The van der Waals surface area contributed by atoms with Gasteiger partial charge in [0.25, 0.3) is 0 Å². The molecule has 1 aliphatic rings. The molecular weight excluding hydrogens is 188 g/mol. The lowest BCUT2D eigenvalue weighted by Gasteiger charge is -2.28. The van der Waals surface area contributed by atoms with Crippen molar-refractivity contribution in [2.24, 2.45) is 0 Å². The molecular formula is C13H12O2. The van der Waals surface area contributed by atoms with Gasteiger partial charge in [-0.3, -0.25) is 4.79 Å². The van der Waals surface area contributed by atoms with Crippen LogP contribution < -0.4 is 0 Å². The second kappa shape index (κ2) is 3.48. The Labute approximate surface area is 88.6 Å². The summed E-state index contributed by atoms with van der Waals surface area (Å²) in [5.41, 5.74) is 0.161. The number of allylic oxidation sites excluding steroid dienone is 1. The Morgan fingerprint density at radius 3 is 2.87 bits per heavy atom. The third kappa shape index (κ3) is 1.53. The highest BCUT2D eigenvalue weighted by molar-refractivity contribution is 6.07. The highest BCUT2D eigenvalue weighted by Gasteiger charge is 2.31. The zero-order valence-corrected chi connectivity index (χ0v) is 8.31. The van der Waals surface area contributed by atoms with E-state index in [2.05, 4.69) is 6.58 Å². The topological polar surface area (TPSA) is 37.3 Å². The van der Waals surface area contributed by atoms with E-state index in [1.807, 2.05) is 6.07 Å². The molecule has 0 bridgehead atoms. The fourth-order valence-electron chi connectivity index (χ4n) is 1.87. The van der Waals surface area contributed by atoms with Crippen LogP contribution in [0.15, 0.2) is 49.1 Å². The van der Waals surface area contributed by atoms with Gasteiger partial charge in [0, 0.05) is 12.0 Å². The predicted molar refractivity (Wildman–Crippen MR) is 58.6 cm³/mol. The third-order valence-corrected chi connectivity index (χ3v) is 2.62. The first-order valence-corrected chi connectivity index (χ1v) is 4.84. The summed E-state index contributed by atoms with van der Waals surface area (Å²) in [6.07, 6.45) is 5.02. The molecule has 1 N–H and O–H groups in total. The fraction of sp³-hybridized carbons (Fsp3) is 0.154. The van der Waals surface area contributed by atoms with Crippen LogP contribution in [0.3, 0.4) is 0 Å². The number of rotatable bonds is 2. The van der Waals surface area contributed by atoms with Crippen molar-refractivity contribution in [3.05, 3.63) is 60.2 Å². The molecule has 76 valence electrons. The van der Waals surface area contributed by atoms with Gasteiger partial charge in [-0.1, -0.05) is 30.3 Å². The first-order valence-electron chi connectivity index (χ1n) is 4.84. The van der Waals surface area contributed by atoms with Crippen LogP contribution in [-0.2, 0) is 5.60 Å². The van der Waals surface area contributed by atoms with E-state index >= 15 is 0 Å². The van der Waals surface area contributed by atoms with Gasteiger partial charge < -0.3 is 5.11 Å². The summed E-state index contributed by atoms with van der Waals surface area (Å²) in [7, 11) is 0. The molecule has 0 amide bonds. The molecule has 1 unspecified atom stereocenters. The van der Waals surface area contributed by atoms with Gasteiger partial charge in [-0.15, -0.1) is 6.58 Å². The van der Waals surface area contributed by atoms with Crippen molar-refractivity contribution in [2.45, 2.75) is 12.0 Å². The lowest BCUT2D eigenvalue weighted by Crippen LogP contribution is -2.28. The Morgan fingerprint density at radius 1 is 1.40 bits per heavy atom. The van der Waals surface area contributed by atoms with E-state index < -0.39 is 5.60 Å². The summed E-state index contributed by atoms with van der Waals surface area (Å²) >= 11 is 0. The molecule has 15 heavy (non-hydrogen) atoms. The molecule has 0 aromatic heterocycles. The van der Waals surface area contributed by atoms with Gasteiger partial charge in [0.2, 0.25) is 0 Å². The van der Waals surface area contributed by atoms with Crippen LogP contribution in [-0.4, -0.2) is 10.9 Å². The summed E-state index contributed by atoms with van der Waals surface area (Å²) in [5.74, 6) is -0.0562. The molecule has 2 heteroatoms. The maximum Gasteiger partial charge on any atom is 0.186 e. The SMILES string of the molecule is C=CCC1(O)C=CC(=O)c2ccccc21. The average Bonchev–Trinajstić information content (AvgIpc) is 2.25. The van der Waals surface area contributed by atoms with Crippen LogP contribution in [0, 0.1) is 0 Å². The Balaban J connectivity index is 2.59. The van der Waals surface area contributed by atoms with E-state index in [0.29, 0.717) is 17.5 Å². The Bertz CT molecular complexity index is 446. The van der Waals surface area contributed by atoms with Crippen LogP contribution in [0.1, 0.15) is 22.3 Å². The van der Waals surface area contributed by atoms with Gasteiger partial charge in [0.05, 0.1) is 0 Å². The van der Waals surface area contributed by atoms with Gasteiger partial charge in [0.1, 0.15) is 5.60 Å². The molecule has 0 heterocycles. The monoisotopic (exact) mass is 200 g/mol. The van der Waals surface area contributed by atoms with Gasteiger partial charge in [-0.2, -0.15) is 0 Å². The van der Waals surface area contributed by atoms with Gasteiger partial charge in [0.15, 0.2) is 5.78 Å². The number of hydrogen-bond acceptors (Lipinski definition) is 2. The number of carbonyl (C=O) groups is 1. The van der Waals surface area contributed by atoms with E-state index in [1.54, 1.807) is 30.4 Å². The summed E-state index contributed by atoms with van der Waals surface area (Å²) in [6.45, 7) is 3.61. The lowest BCUT2D eigenvalue weighted by atomic mass is 9.81. The van der Waals surface area contributed by atoms with Gasteiger partial charge >= 0.3 is 0 Å². The Hall–Kier alpha value is -1.67. The van der Waals surface area contributed by atoms with Crippen LogP contribution in [0.4, 0.5) is 0 Å². The molecule has 1 aromatic carbocycles. The predicted octanol–water partition coefficient (Wildman–Crippen LogP) is 2.20. The smallest absolute Gasteiger partial charge is 0.186 e. The van der Waals surface area contributed by atoms with Gasteiger partial charge in [-0.25, -0.2) is 0 Å². The minimum Gasteiger partial charge on any atom is -0.381 e. The summed E-state index contributed by atoms with van der Waals surface area (Å²) in [6, 6.07) is 7.12. The zero-order chi connectivity index (χ0) is 10.9. The molecule has 0 radical (unpaired) electrons. The average molecular weight is 200 g/mol. The van der Waals surface area contributed by atoms with E-state index in [-0.39, 0.29) is 5.78 Å². The van der Waals surface area contributed by atoms with Crippen molar-refractivity contribution in [1.82, 2.24) is 0 Å². The molecule has 2 rings (SSSR count). The Kier molecular flexibility index (Phi) is 2.29. The van der Waals surface area contributed by atoms with Crippen molar-refractivity contribution in [1.29, 1.82) is 0 Å². The number of hydrogen-bond donors (Lipinski definition) is 1. The maximum absolute atomic E-state index is 11.6. The quantitative estimate of drug-likeness (QED) is 0.743. The van der Waals surface area contributed by atoms with E-state index in [4.69, 9.17) is 0 Å². The summed E-state index contributed by atoms with van der Waals surface area (Å²) in [4.78, 5) is 11.6. The normalized spacial score (nSPS) is 23.7. The lowest BCUT2D eigenvalue weighted by molar-refractivity contribution is 0.0833. The minimum atomic E-state index is -1.08. The number of fused-ring (bicyclic) bond motifs is 1. The third-order valence-electron chi connectivity index (χ3n) is 2.62. The standard InChI is InChI=1S/C13H12O2/c1-2-8-13(15)9-7-12(14)10-5-3-4-6-11(10)13/h2-7,9,15H,1,8H2. The highest BCUT2D eigenvalue weighted by atomic mass is 16.3. The molecule has 0 spiro atoms. The molecule has 1 aliphatic carbocycles. The second-order valence-corrected chi connectivity index (χ2v) is 3.66. The minimum absolute atomic E-state index is 0.0562. The first kappa shape index (κ1) is 9.87. The maximum atomic E-state index is 11.6. The fourth-order valence-corrected chi connectivity index (χ4v) is 1.87. The number of carbonyl (C=O) groups excluding carboxylic acids is 1. The Morgan fingerprint density at radius 2 is 2.13 bits per heavy atom.